The number of rotatable bonds is 5. The molecule has 0 bridgehead atoms. The summed E-state index contributed by atoms with van der Waals surface area (Å²) < 4.78 is 10.8. The number of anilines is 1. The molecular formula is C21H27N3O3. The molecule has 2 aromatic carbocycles. The fraction of sp³-hybridized carbons (Fsp3) is 0.381. The summed E-state index contributed by atoms with van der Waals surface area (Å²) in [5, 5.41) is 3.09. The largest absolute Gasteiger partial charge is 0.497 e. The molecular weight excluding hydrogens is 342 g/mol. The third kappa shape index (κ3) is 4.45. The van der Waals surface area contributed by atoms with Gasteiger partial charge in [0.2, 0.25) is 0 Å². The number of carbonyl (C=O) groups excluding carboxylic acids is 1. The highest BCUT2D eigenvalue weighted by atomic mass is 16.5. The molecule has 27 heavy (non-hydrogen) atoms. The van der Waals surface area contributed by atoms with Gasteiger partial charge in [-0.2, -0.15) is 0 Å². The number of piperazine rings is 1. The summed E-state index contributed by atoms with van der Waals surface area (Å²) in [5.74, 6) is 1.61. The first-order valence-corrected chi connectivity index (χ1v) is 9.19. The number of hydrogen-bond acceptors (Lipinski definition) is 4. The van der Waals surface area contributed by atoms with Gasteiger partial charge in [0.25, 0.3) is 0 Å². The molecule has 6 heteroatoms. The third-order valence-electron chi connectivity index (χ3n) is 4.93. The van der Waals surface area contributed by atoms with E-state index >= 15 is 0 Å². The summed E-state index contributed by atoms with van der Waals surface area (Å²) in [6.07, 6.45) is 0. The van der Waals surface area contributed by atoms with Gasteiger partial charge in [-0.15, -0.1) is 0 Å². The van der Waals surface area contributed by atoms with Gasteiger partial charge >= 0.3 is 6.03 Å². The third-order valence-corrected chi connectivity index (χ3v) is 4.93. The summed E-state index contributed by atoms with van der Waals surface area (Å²) in [6.45, 7) is 4.82. The van der Waals surface area contributed by atoms with Crippen LogP contribution in [-0.4, -0.2) is 51.3 Å². The van der Waals surface area contributed by atoms with Crippen LogP contribution in [-0.2, 0) is 0 Å². The van der Waals surface area contributed by atoms with Crippen LogP contribution in [0.1, 0.15) is 18.5 Å². The topological polar surface area (TPSA) is 54.0 Å². The van der Waals surface area contributed by atoms with Gasteiger partial charge in [0.05, 0.1) is 25.9 Å². The molecule has 2 aromatic rings. The van der Waals surface area contributed by atoms with Crippen molar-refractivity contribution < 1.29 is 14.3 Å². The van der Waals surface area contributed by atoms with Crippen molar-refractivity contribution in [1.29, 1.82) is 0 Å². The highest BCUT2D eigenvalue weighted by molar-refractivity contribution is 5.75. The lowest BCUT2D eigenvalue weighted by molar-refractivity contribution is 0.191. The van der Waals surface area contributed by atoms with Crippen molar-refractivity contribution in [3.05, 3.63) is 54.1 Å². The van der Waals surface area contributed by atoms with Gasteiger partial charge in [0, 0.05) is 32.2 Å². The van der Waals surface area contributed by atoms with Crippen molar-refractivity contribution in [2.45, 2.75) is 13.0 Å². The number of hydrogen-bond donors (Lipinski definition) is 1. The van der Waals surface area contributed by atoms with E-state index in [1.165, 1.54) is 0 Å². The lowest BCUT2D eigenvalue weighted by atomic mass is 10.1. The zero-order valence-corrected chi connectivity index (χ0v) is 16.1. The second kappa shape index (κ2) is 8.66. The van der Waals surface area contributed by atoms with Crippen LogP contribution in [0.3, 0.4) is 0 Å². The summed E-state index contributed by atoms with van der Waals surface area (Å²) in [5.41, 5.74) is 2.10. The Morgan fingerprint density at radius 1 is 1.00 bits per heavy atom. The van der Waals surface area contributed by atoms with Gasteiger partial charge in [-0.25, -0.2) is 4.79 Å². The van der Waals surface area contributed by atoms with E-state index in [0.29, 0.717) is 13.1 Å². The maximum atomic E-state index is 12.6. The molecule has 1 N–H and O–H groups in total. The van der Waals surface area contributed by atoms with Gasteiger partial charge in [-0.1, -0.05) is 30.3 Å². The molecule has 1 aliphatic rings. The van der Waals surface area contributed by atoms with Crippen molar-refractivity contribution >= 4 is 11.7 Å². The maximum absolute atomic E-state index is 12.6. The minimum absolute atomic E-state index is 0.0183. The molecule has 1 saturated heterocycles. The molecule has 0 spiro atoms. The molecule has 1 aliphatic heterocycles. The summed E-state index contributed by atoms with van der Waals surface area (Å²) in [7, 11) is 3.32. The zero-order chi connectivity index (χ0) is 19.2. The normalized spacial score (nSPS) is 15.2. The van der Waals surface area contributed by atoms with Crippen molar-refractivity contribution in [3.8, 4) is 11.5 Å². The summed E-state index contributed by atoms with van der Waals surface area (Å²) in [6, 6.07) is 15.7. The summed E-state index contributed by atoms with van der Waals surface area (Å²) in [4.78, 5) is 16.7. The molecule has 6 nitrogen and oxygen atoms in total. The van der Waals surface area contributed by atoms with E-state index < -0.39 is 0 Å². The number of nitrogens with zero attached hydrogens (tertiary/aromatic N) is 2. The molecule has 1 atom stereocenters. The van der Waals surface area contributed by atoms with E-state index in [1.54, 1.807) is 14.2 Å². The number of ether oxygens (including phenoxy) is 2. The number of methoxy groups -OCH3 is 2. The first kappa shape index (κ1) is 18.9. The van der Waals surface area contributed by atoms with Gasteiger partial charge in [0.1, 0.15) is 11.5 Å². The van der Waals surface area contributed by atoms with E-state index in [-0.39, 0.29) is 12.1 Å². The molecule has 3 rings (SSSR count). The van der Waals surface area contributed by atoms with E-state index in [4.69, 9.17) is 9.47 Å². The van der Waals surface area contributed by atoms with Crippen molar-refractivity contribution in [2.24, 2.45) is 0 Å². The van der Waals surface area contributed by atoms with Crippen LogP contribution in [0.4, 0.5) is 10.5 Å². The highest BCUT2D eigenvalue weighted by Gasteiger charge is 2.24. The minimum Gasteiger partial charge on any atom is -0.497 e. The molecule has 0 radical (unpaired) electrons. The predicted molar refractivity (Wildman–Crippen MR) is 107 cm³/mol. The van der Waals surface area contributed by atoms with Crippen LogP contribution in [0.15, 0.2) is 48.5 Å². The number of nitrogens with one attached hydrogen (secondary N) is 1. The van der Waals surface area contributed by atoms with Crippen LogP contribution < -0.4 is 19.7 Å². The molecule has 144 valence electrons. The van der Waals surface area contributed by atoms with Crippen molar-refractivity contribution in [2.75, 3.05) is 45.3 Å². The van der Waals surface area contributed by atoms with Gasteiger partial charge in [-0.05, 0) is 24.6 Å². The summed E-state index contributed by atoms with van der Waals surface area (Å²) >= 11 is 0. The minimum atomic E-state index is -0.0244. The average molecular weight is 369 g/mol. The number of carbonyl (C=O) groups is 1. The van der Waals surface area contributed by atoms with Gasteiger partial charge in [0.15, 0.2) is 0 Å². The highest BCUT2D eigenvalue weighted by Crippen LogP contribution is 2.32. The first-order chi connectivity index (χ1) is 13.1. The Kier molecular flexibility index (Phi) is 6.06. The smallest absolute Gasteiger partial charge is 0.317 e. The Hall–Kier alpha value is -2.89. The molecule has 0 aromatic heterocycles. The second-order valence-corrected chi connectivity index (χ2v) is 6.59. The van der Waals surface area contributed by atoms with Crippen LogP contribution in [0.25, 0.3) is 0 Å². The van der Waals surface area contributed by atoms with E-state index in [0.717, 1.165) is 35.8 Å². The first-order valence-electron chi connectivity index (χ1n) is 9.19. The number of amides is 2. The van der Waals surface area contributed by atoms with Crippen molar-refractivity contribution in [3.63, 3.8) is 0 Å². The lowest BCUT2D eigenvalue weighted by Gasteiger charge is -2.37. The van der Waals surface area contributed by atoms with Crippen molar-refractivity contribution in [1.82, 2.24) is 10.2 Å². The van der Waals surface area contributed by atoms with Gasteiger partial charge < -0.3 is 24.6 Å². The second-order valence-electron chi connectivity index (χ2n) is 6.59. The predicted octanol–water partition coefficient (Wildman–Crippen LogP) is 3.30. The van der Waals surface area contributed by atoms with E-state index in [2.05, 4.69) is 10.2 Å². The molecule has 1 heterocycles. The van der Waals surface area contributed by atoms with Crippen LogP contribution in [0.2, 0.25) is 0 Å². The van der Waals surface area contributed by atoms with Crippen LogP contribution in [0.5, 0.6) is 11.5 Å². The number of benzene rings is 2. The fourth-order valence-corrected chi connectivity index (χ4v) is 3.30. The van der Waals surface area contributed by atoms with Crippen LogP contribution >= 0.6 is 0 Å². The molecule has 0 saturated carbocycles. The molecule has 2 amide bonds. The quantitative estimate of drug-likeness (QED) is 0.879. The monoisotopic (exact) mass is 369 g/mol. The Morgan fingerprint density at radius 2 is 1.70 bits per heavy atom. The Morgan fingerprint density at radius 3 is 2.33 bits per heavy atom. The molecule has 1 unspecified atom stereocenters. The lowest BCUT2D eigenvalue weighted by Crippen LogP contribution is -2.52. The fourth-order valence-electron chi connectivity index (χ4n) is 3.30. The van der Waals surface area contributed by atoms with E-state index in [9.17, 15) is 4.79 Å². The average Bonchev–Trinajstić information content (AvgIpc) is 2.73. The Bertz CT molecular complexity index is 759. The van der Waals surface area contributed by atoms with E-state index in [1.807, 2.05) is 60.4 Å². The number of urea groups is 1. The Labute approximate surface area is 160 Å². The van der Waals surface area contributed by atoms with Gasteiger partial charge in [-0.3, -0.25) is 0 Å². The molecule has 1 fully saturated rings. The Balaban J connectivity index is 1.59. The molecule has 0 aliphatic carbocycles. The zero-order valence-electron chi connectivity index (χ0n) is 16.1. The standard InChI is InChI=1S/C21H27N3O3/c1-16(17-7-5-4-6-8-17)22-21(25)24-13-11-23(12-14-24)19-15-18(26-2)9-10-20(19)27-3/h4-10,15-16H,11-14H2,1-3H3,(H,22,25). The SMILES string of the molecule is COc1ccc(OC)c(N2CCN(C(=O)NC(C)c3ccccc3)CC2)c1. The maximum Gasteiger partial charge on any atom is 0.317 e. The van der Waals surface area contributed by atoms with Crippen LogP contribution in [0, 0.1) is 0 Å².